The molecule has 0 spiro atoms. The van der Waals surface area contributed by atoms with Crippen LogP contribution in [0.25, 0.3) is 0 Å². The second kappa shape index (κ2) is 31.1. The fourth-order valence-electron chi connectivity index (χ4n) is 13.5. The largest absolute Gasteiger partial charge is 0.379 e. The molecule has 4 fully saturated rings. The molecule has 10 atom stereocenters. The topological polar surface area (TPSA) is 297 Å². The zero-order valence-electron chi connectivity index (χ0n) is 51.8. The fourth-order valence-corrected chi connectivity index (χ4v) is 13.5. The van der Waals surface area contributed by atoms with Gasteiger partial charge in [0.2, 0.25) is 47.3 Å². The smallest absolute Gasteiger partial charge is 0.253 e. The number of carbonyl (C=O) groups is 8. The van der Waals surface area contributed by atoms with E-state index >= 15 is 0 Å². The van der Waals surface area contributed by atoms with Crippen LogP contribution in [-0.2, 0) is 38.4 Å². The van der Waals surface area contributed by atoms with E-state index in [1.165, 1.54) is 0 Å². The van der Waals surface area contributed by atoms with E-state index in [2.05, 4.69) is 53.2 Å². The van der Waals surface area contributed by atoms with Crippen molar-refractivity contribution in [3.8, 4) is 0 Å². The Morgan fingerprint density at radius 3 is 1.09 bits per heavy atom. The number of benzene rings is 4. The van der Waals surface area contributed by atoms with Crippen LogP contribution in [0.1, 0.15) is 125 Å². The molecule has 4 aliphatic heterocycles. The molecule has 0 saturated carbocycles. The molecule has 478 valence electrons. The summed E-state index contributed by atoms with van der Waals surface area (Å²) < 4.78 is 0. The van der Waals surface area contributed by atoms with E-state index in [1.807, 2.05) is 135 Å². The lowest BCUT2D eigenvalue weighted by Crippen LogP contribution is -2.59. The van der Waals surface area contributed by atoms with Crippen molar-refractivity contribution < 1.29 is 38.4 Å². The minimum atomic E-state index is -1.05. The molecular weight excluding hydrogens is 1140 g/mol. The summed E-state index contributed by atoms with van der Waals surface area (Å²) in [6.07, 6.45) is 4.77. The van der Waals surface area contributed by atoms with Crippen molar-refractivity contribution in [1.82, 2.24) is 52.3 Å². The van der Waals surface area contributed by atoms with E-state index < -0.39 is 82.8 Å². The highest BCUT2D eigenvalue weighted by atomic mass is 16.2. The van der Waals surface area contributed by atoms with Crippen LogP contribution in [0.2, 0.25) is 0 Å². The zero-order valence-corrected chi connectivity index (χ0v) is 51.8. The van der Waals surface area contributed by atoms with E-state index in [0.717, 1.165) is 22.3 Å². The van der Waals surface area contributed by atoms with Crippen molar-refractivity contribution in [3.05, 3.63) is 164 Å². The Balaban J connectivity index is 0.777. The Morgan fingerprint density at radius 2 is 0.778 bits per heavy atom. The summed E-state index contributed by atoms with van der Waals surface area (Å²) in [7, 11) is 3.33. The molecule has 4 aliphatic rings. The average molecular weight is 1230 g/mol. The van der Waals surface area contributed by atoms with Crippen molar-refractivity contribution in [2.75, 3.05) is 50.9 Å². The molecule has 22 heteroatoms. The molecule has 5 aromatic carbocycles. The van der Waals surface area contributed by atoms with E-state index in [0.29, 0.717) is 64.2 Å². The van der Waals surface area contributed by atoms with Gasteiger partial charge in [-0.1, -0.05) is 135 Å². The maximum Gasteiger partial charge on any atom is 0.253 e. The third kappa shape index (κ3) is 15.4. The first-order valence-corrected chi connectivity index (χ1v) is 31.9. The fraction of sp³-hybridized carbons (Fsp3) is 0.471. The number of nitrogens with one attached hydrogen (secondary N) is 10. The molecule has 4 saturated heterocycles. The number of amides is 8. The minimum Gasteiger partial charge on any atom is -0.379 e. The van der Waals surface area contributed by atoms with Crippen molar-refractivity contribution in [2.45, 2.75) is 151 Å². The molecule has 0 unspecified atom stereocenters. The van der Waals surface area contributed by atoms with Gasteiger partial charge < -0.3 is 63.0 Å². The predicted octanol–water partition coefficient (Wildman–Crippen LogP) is 3.44. The molecule has 8 amide bonds. The molecule has 0 aromatic heterocycles. The number of likely N-dealkylation sites (N-methyl/N-ethyl adjacent to an activating group) is 2. The van der Waals surface area contributed by atoms with Gasteiger partial charge in [0.15, 0.2) is 0 Å². The summed E-state index contributed by atoms with van der Waals surface area (Å²) in [5, 5.41) is 30.1. The first-order valence-electron chi connectivity index (χ1n) is 31.9. The number of nitrogens with zero attached hydrogens (tertiary/aromatic N) is 2. The van der Waals surface area contributed by atoms with E-state index in [4.69, 9.17) is 0 Å². The summed E-state index contributed by atoms with van der Waals surface area (Å²) in [6, 6.07) is 32.2. The Kier molecular flexibility index (Phi) is 22.7. The van der Waals surface area contributed by atoms with Gasteiger partial charge in [-0.25, -0.2) is 0 Å². The van der Waals surface area contributed by atoms with E-state index in [-0.39, 0.29) is 97.9 Å². The van der Waals surface area contributed by atoms with Gasteiger partial charge in [-0.15, -0.1) is 0 Å². The second-order valence-corrected chi connectivity index (χ2v) is 24.0. The van der Waals surface area contributed by atoms with Crippen LogP contribution in [-0.4, -0.2) is 146 Å². The van der Waals surface area contributed by atoms with Gasteiger partial charge >= 0.3 is 0 Å². The van der Waals surface area contributed by atoms with Crippen molar-refractivity contribution in [3.63, 3.8) is 0 Å². The van der Waals surface area contributed by atoms with Crippen LogP contribution in [0.5, 0.6) is 0 Å². The number of hydrogen-bond donors (Lipinski definition) is 10. The first-order chi connectivity index (χ1) is 43.6. The number of carbonyl (C=O) groups excluding carboxylic acids is 8. The summed E-state index contributed by atoms with van der Waals surface area (Å²) >= 11 is 0. The standard InChI is InChI=1S/C68H86N12O10/c1-5-49(69-3)63(85)77-57-45(27-29-47-31-33-51(79(47)67(57)89)65(87)75-55(41-19-11-7-12-20-41)42-21-13-8-14-22-42)39-73-53(81)35-37-71-59-60(62(84)61(59)83)72-38-36-54(82)74-40-46-28-30-48-32-34-52(80(48)68(90)58(46)78-64(86)50(6-2)70-4)66(88)76-56(43-23-15-9-16-24-43)44-25-17-10-18-26-44/h7-26,45-52,55-58,69-72H,5-6,27-40H2,1-4H3,(H,73,81)(H,74,82)(H,75,87)(H,76,88)(H,77,85)(H,78,86)/t45-,46-,47+,48+,49+,50+,51+,52+,57+,58+/m1/s1. The van der Waals surface area contributed by atoms with Crippen LogP contribution in [0.3, 0.4) is 0 Å². The maximum absolute atomic E-state index is 14.8. The normalized spacial score (nSPS) is 22.1. The lowest BCUT2D eigenvalue weighted by Gasteiger charge is -2.33. The SMILES string of the molecule is CC[C@H](NC)C(=O)N[C@@H]1C(=O)N2[C@@H](CC[C@@H]1CNC(=O)CCNc1c(NCCC(=O)NC[C@H]3CC[C@H]4CC[C@@H](C(=O)NC(c5ccccc5)c5ccccc5)N4C(=O)[C@H]3NC(=O)[C@H](CC)NC)c(=O)c1=O)CC[C@H]2C(=O)NC(c1ccccc1)c1ccccc1. The van der Waals surface area contributed by atoms with E-state index in [1.54, 1.807) is 23.9 Å². The minimum absolute atomic E-state index is 0.0240. The molecule has 0 radical (unpaired) electrons. The van der Waals surface area contributed by atoms with Gasteiger partial charge in [0.1, 0.15) is 35.5 Å². The van der Waals surface area contributed by atoms with Gasteiger partial charge in [0.25, 0.3) is 10.9 Å². The van der Waals surface area contributed by atoms with Crippen LogP contribution in [0.15, 0.2) is 131 Å². The van der Waals surface area contributed by atoms with Gasteiger partial charge in [0.05, 0.1) is 24.2 Å². The second-order valence-electron chi connectivity index (χ2n) is 24.0. The zero-order chi connectivity index (χ0) is 63.8. The quantitative estimate of drug-likeness (QED) is 0.0321. The first kappa shape index (κ1) is 65.7. The predicted molar refractivity (Wildman–Crippen MR) is 342 cm³/mol. The molecular formula is C68H86N12O10. The summed E-state index contributed by atoms with van der Waals surface area (Å²) in [5.74, 6) is -4.00. The van der Waals surface area contributed by atoms with Crippen LogP contribution in [0, 0.1) is 11.8 Å². The maximum atomic E-state index is 14.8. The number of fused-ring (bicyclic) bond motifs is 2. The molecule has 22 nitrogen and oxygen atoms in total. The van der Waals surface area contributed by atoms with Crippen molar-refractivity contribution >= 4 is 58.6 Å². The third-order valence-corrected chi connectivity index (χ3v) is 18.5. The summed E-state index contributed by atoms with van der Waals surface area (Å²) in [4.78, 5) is 142. The van der Waals surface area contributed by atoms with Crippen molar-refractivity contribution in [2.24, 2.45) is 11.8 Å². The van der Waals surface area contributed by atoms with Crippen LogP contribution < -0.4 is 64.0 Å². The van der Waals surface area contributed by atoms with Gasteiger partial charge in [0, 0.05) is 62.9 Å². The number of hydrogen-bond acceptors (Lipinski definition) is 14. The number of rotatable bonds is 28. The number of anilines is 2. The molecule has 4 heterocycles. The monoisotopic (exact) mass is 1230 g/mol. The average Bonchev–Trinajstić information content (AvgIpc) is 1.49. The van der Waals surface area contributed by atoms with Crippen LogP contribution >= 0.6 is 0 Å². The third-order valence-electron chi connectivity index (χ3n) is 18.5. The molecule has 5 aromatic rings. The van der Waals surface area contributed by atoms with Crippen molar-refractivity contribution in [1.29, 1.82) is 0 Å². The molecule has 90 heavy (non-hydrogen) atoms. The Morgan fingerprint density at radius 1 is 0.456 bits per heavy atom. The highest BCUT2D eigenvalue weighted by Crippen LogP contribution is 2.37. The lowest BCUT2D eigenvalue weighted by atomic mass is 9.92. The molecule has 9 rings (SSSR count). The van der Waals surface area contributed by atoms with E-state index in [9.17, 15) is 47.9 Å². The molecule has 10 N–H and O–H groups in total. The Hall–Kier alpha value is -8.76. The highest BCUT2D eigenvalue weighted by molar-refractivity contribution is 5.96. The summed E-state index contributed by atoms with van der Waals surface area (Å²) in [6.45, 7) is 3.70. The lowest BCUT2D eigenvalue weighted by molar-refractivity contribution is -0.143. The Labute approximate surface area is 525 Å². The van der Waals surface area contributed by atoms with Gasteiger partial charge in [-0.2, -0.15) is 0 Å². The molecule has 0 bridgehead atoms. The Bertz CT molecular complexity index is 3060. The van der Waals surface area contributed by atoms with Crippen LogP contribution in [0.4, 0.5) is 11.4 Å². The van der Waals surface area contributed by atoms with Gasteiger partial charge in [-0.05, 0) is 101 Å². The van der Waals surface area contributed by atoms with Gasteiger partial charge in [-0.3, -0.25) is 47.9 Å². The summed E-state index contributed by atoms with van der Waals surface area (Å²) in [5.41, 5.74) is 1.93. The molecule has 0 aliphatic carbocycles. The highest BCUT2D eigenvalue weighted by Gasteiger charge is 2.50.